The van der Waals surface area contributed by atoms with Gasteiger partial charge in [-0.05, 0) is 60.0 Å². The summed E-state index contributed by atoms with van der Waals surface area (Å²) < 4.78 is 11.0. The van der Waals surface area contributed by atoms with Crippen LogP contribution in [-0.4, -0.2) is 24.1 Å². The number of Topliss-reactive ketones (excluding diaryl/α,β-unsaturated/α-hetero) is 1. The van der Waals surface area contributed by atoms with Crippen LogP contribution in [0.1, 0.15) is 86.2 Å². The number of ether oxygens (including phenoxy) is 1. The number of allylic oxidation sites excluding steroid dienone is 1. The van der Waals surface area contributed by atoms with Gasteiger partial charge in [0.05, 0.1) is 7.11 Å². The minimum Gasteiger partial charge on any atom is -0.507 e. The SMILES string of the molecule is COC(=O)N/C=C/CCC(C)c1cc(O)c(C(=O)C(C)C(C)C)c(=O)o1.Cc1cc(Br)c(CC(C)C)s1. The van der Waals surface area contributed by atoms with Crippen molar-refractivity contribution >= 4 is 39.1 Å². The lowest BCUT2D eigenvalue weighted by Gasteiger charge is -2.15. The van der Waals surface area contributed by atoms with Gasteiger partial charge in [0, 0.05) is 38.3 Å². The molecule has 0 bridgehead atoms. The fraction of sp³-hybridized carbons (Fsp3) is 0.536. The highest BCUT2D eigenvalue weighted by Crippen LogP contribution is 2.29. The Balaban J connectivity index is 0.000000516. The standard InChI is InChI=1S/C19H27NO6.C9H13BrS/c1-11(2)13(4)17(22)16-14(21)10-15(26-18(16)23)12(3)8-6-7-9-20-19(24)25-5;1-6(2)4-9-8(10)5-7(3)11-9/h7,9-13,21H,6,8H2,1-5H3,(H,20,24);5-6H,4H2,1-3H3/b9-7+;. The number of aromatic hydroxyl groups is 1. The van der Waals surface area contributed by atoms with Gasteiger partial charge < -0.3 is 14.3 Å². The zero-order valence-corrected chi connectivity index (χ0v) is 25.4. The number of alkyl carbamates (subject to hydrolysis) is 1. The third-order valence-electron chi connectivity index (χ3n) is 5.84. The van der Waals surface area contributed by atoms with Crippen LogP contribution in [0.3, 0.4) is 0 Å². The summed E-state index contributed by atoms with van der Waals surface area (Å²) in [5.41, 5.74) is -1.10. The van der Waals surface area contributed by atoms with Crippen LogP contribution in [0.15, 0.2) is 38.1 Å². The second-order valence-corrected chi connectivity index (χ2v) is 12.0. The first-order valence-corrected chi connectivity index (χ1v) is 14.0. The molecular formula is C28H40BrNO6S. The van der Waals surface area contributed by atoms with E-state index in [9.17, 15) is 19.5 Å². The minimum atomic E-state index is -0.813. The molecule has 0 fully saturated rings. The maximum absolute atomic E-state index is 12.4. The molecule has 206 valence electrons. The Morgan fingerprint density at radius 3 is 2.32 bits per heavy atom. The average Bonchev–Trinajstić information content (AvgIpc) is 3.13. The van der Waals surface area contributed by atoms with Crippen molar-refractivity contribution in [3.8, 4) is 5.75 Å². The second kappa shape index (κ2) is 15.8. The van der Waals surface area contributed by atoms with Gasteiger partial charge >= 0.3 is 11.7 Å². The highest BCUT2D eigenvalue weighted by molar-refractivity contribution is 9.10. The summed E-state index contributed by atoms with van der Waals surface area (Å²) in [4.78, 5) is 38.3. The van der Waals surface area contributed by atoms with Crippen molar-refractivity contribution in [3.05, 3.63) is 60.4 Å². The number of nitrogens with one attached hydrogen (secondary N) is 1. The molecule has 2 aromatic heterocycles. The molecule has 2 rings (SSSR count). The predicted octanol–water partition coefficient (Wildman–Crippen LogP) is 7.59. The minimum absolute atomic E-state index is 0.0466. The van der Waals surface area contributed by atoms with Gasteiger partial charge in [0.25, 0.3) is 0 Å². The number of carbonyl (C=O) groups excluding carboxylic acids is 2. The molecule has 2 N–H and O–H groups in total. The van der Waals surface area contributed by atoms with Crippen LogP contribution in [0, 0.1) is 24.7 Å². The van der Waals surface area contributed by atoms with Crippen LogP contribution in [0.2, 0.25) is 0 Å². The lowest BCUT2D eigenvalue weighted by Crippen LogP contribution is -2.24. The van der Waals surface area contributed by atoms with Crippen LogP contribution in [0.4, 0.5) is 4.79 Å². The quantitative estimate of drug-likeness (QED) is 0.273. The fourth-order valence-electron chi connectivity index (χ4n) is 3.30. The van der Waals surface area contributed by atoms with E-state index in [2.05, 4.69) is 52.8 Å². The molecule has 0 saturated heterocycles. The third kappa shape index (κ3) is 10.9. The monoisotopic (exact) mass is 597 g/mol. The predicted molar refractivity (Wildman–Crippen MR) is 153 cm³/mol. The molecule has 0 aliphatic rings. The summed E-state index contributed by atoms with van der Waals surface area (Å²) in [5, 5.41) is 12.6. The highest BCUT2D eigenvalue weighted by atomic mass is 79.9. The summed E-state index contributed by atoms with van der Waals surface area (Å²) in [6, 6.07) is 3.53. The lowest BCUT2D eigenvalue weighted by molar-refractivity contribution is 0.0891. The van der Waals surface area contributed by atoms with E-state index >= 15 is 0 Å². The topological polar surface area (TPSA) is 106 Å². The molecule has 2 heterocycles. The van der Waals surface area contributed by atoms with Crippen LogP contribution in [0.25, 0.3) is 0 Å². The number of hydrogen-bond acceptors (Lipinski definition) is 7. The first-order chi connectivity index (χ1) is 17.3. The summed E-state index contributed by atoms with van der Waals surface area (Å²) in [7, 11) is 1.27. The number of methoxy groups -OCH3 is 1. The van der Waals surface area contributed by atoms with Crippen molar-refractivity contribution in [1.29, 1.82) is 0 Å². The van der Waals surface area contributed by atoms with Gasteiger partial charge in [-0.2, -0.15) is 0 Å². The molecule has 0 saturated carbocycles. The lowest BCUT2D eigenvalue weighted by atomic mass is 9.90. The Morgan fingerprint density at radius 1 is 1.19 bits per heavy atom. The molecule has 2 unspecified atom stereocenters. The third-order valence-corrected chi connectivity index (χ3v) is 7.88. The van der Waals surface area contributed by atoms with E-state index < -0.39 is 17.5 Å². The highest BCUT2D eigenvalue weighted by Gasteiger charge is 2.26. The number of carbonyl (C=O) groups is 2. The van der Waals surface area contributed by atoms with Gasteiger partial charge in [-0.3, -0.25) is 10.1 Å². The van der Waals surface area contributed by atoms with Crippen molar-refractivity contribution in [2.75, 3.05) is 7.11 Å². The summed E-state index contributed by atoms with van der Waals surface area (Å²) in [5.74, 6) is -0.182. The molecule has 0 aliphatic carbocycles. The van der Waals surface area contributed by atoms with E-state index in [1.165, 1.54) is 40.0 Å². The number of thiophene rings is 1. The zero-order valence-electron chi connectivity index (χ0n) is 23.0. The van der Waals surface area contributed by atoms with Crippen LogP contribution >= 0.6 is 27.3 Å². The van der Waals surface area contributed by atoms with Crippen molar-refractivity contribution in [1.82, 2.24) is 5.32 Å². The maximum atomic E-state index is 12.4. The van der Waals surface area contributed by atoms with E-state index in [4.69, 9.17) is 4.42 Å². The van der Waals surface area contributed by atoms with Crippen molar-refractivity contribution in [2.24, 2.45) is 17.8 Å². The van der Waals surface area contributed by atoms with Gasteiger partial charge in [0.1, 0.15) is 17.1 Å². The molecule has 1 amide bonds. The summed E-state index contributed by atoms with van der Waals surface area (Å²) in [6.07, 6.45) is 5.09. The zero-order chi connectivity index (χ0) is 28.3. The van der Waals surface area contributed by atoms with Gasteiger partial charge in [0.2, 0.25) is 0 Å². The Labute approximate surface area is 232 Å². The molecule has 0 radical (unpaired) electrons. The number of hydrogen-bond donors (Lipinski definition) is 2. The summed E-state index contributed by atoms with van der Waals surface area (Å²) in [6.45, 7) is 14.0. The van der Waals surface area contributed by atoms with Crippen molar-refractivity contribution in [2.45, 2.75) is 73.6 Å². The normalized spacial score (nSPS) is 12.8. The number of rotatable bonds is 10. The molecule has 2 aromatic rings. The number of halogens is 1. The van der Waals surface area contributed by atoms with E-state index in [-0.39, 0.29) is 29.1 Å². The molecule has 37 heavy (non-hydrogen) atoms. The Morgan fingerprint density at radius 2 is 1.84 bits per heavy atom. The molecule has 0 spiro atoms. The van der Waals surface area contributed by atoms with E-state index in [1.807, 2.05) is 32.1 Å². The molecule has 0 aliphatic heterocycles. The van der Waals surface area contributed by atoms with Gasteiger partial charge in [0.15, 0.2) is 5.78 Å². The second-order valence-electron chi connectivity index (χ2n) is 9.84. The number of aryl methyl sites for hydroxylation is 1. The molecule has 2 atom stereocenters. The summed E-state index contributed by atoms with van der Waals surface area (Å²) >= 11 is 5.45. The maximum Gasteiger partial charge on any atom is 0.410 e. The van der Waals surface area contributed by atoms with E-state index in [1.54, 1.807) is 13.0 Å². The molecular weight excluding hydrogens is 558 g/mol. The van der Waals surface area contributed by atoms with E-state index in [0.717, 1.165) is 5.92 Å². The fourth-order valence-corrected chi connectivity index (χ4v) is 5.34. The smallest absolute Gasteiger partial charge is 0.410 e. The number of ketones is 1. The van der Waals surface area contributed by atoms with E-state index in [0.29, 0.717) is 18.6 Å². The van der Waals surface area contributed by atoms with Crippen LogP contribution in [0.5, 0.6) is 5.75 Å². The first-order valence-electron chi connectivity index (χ1n) is 12.4. The Bertz CT molecular complexity index is 1120. The van der Waals surface area contributed by atoms with Gasteiger partial charge in [-0.1, -0.05) is 47.6 Å². The number of amides is 1. The van der Waals surface area contributed by atoms with Crippen LogP contribution < -0.4 is 10.9 Å². The Kier molecular flexibility index (Phi) is 13.9. The van der Waals surface area contributed by atoms with Crippen LogP contribution in [-0.2, 0) is 11.2 Å². The average molecular weight is 599 g/mol. The van der Waals surface area contributed by atoms with Gasteiger partial charge in [-0.15, -0.1) is 11.3 Å². The first kappa shape index (κ1) is 32.6. The molecule has 0 aromatic carbocycles. The Hall–Kier alpha value is -2.39. The van der Waals surface area contributed by atoms with Crippen molar-refractivity contribution in [3.63, 3.8) is 0 Å². The van der Waals surface area contributed by atoms with Gasteiger partial charge in [-0.25, -0.2) is 9.59 Å². The largest absolute Gasteiger partial charge is 0.507 e. The van der Waals surface area contributed by atoms with Crippen molar-refractivity contribution < 1.29 is 23.8 Å². The molecule has 9 heteroatoms. The molecule has 7 nitrogen and oxygen atoms in total.